The summed E-state index contributed by atoms with van der Waals surface area (Å²) < 4.78 is 4.74. The Morgan fingerprint density at radius 1 is 0.321 bits per heavy atom. The molecule has 11 aromatic rings. The summed E-state index contributed by atoms with van der Waals surface area (Å²) in [6.07, 6.45) is 0. The average molecular weight is 715 g/mol. The van der Waals surface area contributed by atoms with E-state index in [0.29, 0.717) is 5.82 Å². The van der Waals surface area contributed by atoms with Crippen molar-refractivity contribution in [3.05, 3.63) is 206 Å². The summed E-state index contributed by atoms with van der Waals surface area (Å²) in [6, 6.07) is 73.1. The van der Waals surface area contributed by atoms with Crippen LogP contribution in [0.25, 0.3) is 100 Å². The summed E-state index contributed by atoms with van der Waals surface area (Å²) >= 11 is 0. The van der Waals surface area contributed by atoms with Crippen LogP contribution in [-0.2, 0) is 0 Å². The van der Waals surface area contributed by atoms with Gasteiger partial charge in [0.15, 0.2) is 5.82 Å². The van der Waals surface area contributed by atoms with Gasteiger partial charge in [0.25, 0.3) is 0 Å². The topological polar surface area (TPSA) is 35.6 Å². The fraction of sp³-hybridized carbons (Fsp3) is 0. The van der Waals surface area contributed by atoms with E-state index < -0.39 is 0 Å². The van der Waals surface area contributed by atoms with Gasteiger partial charge in [0.1, 0.15) is 5.82 Å². The first-order valence-corrected chi connectivity index (χ1v) is 19.0. The molecular formula is C52H34N4. The van der Waals surface area contributed by atoms with Gasteiger partial charge >= 0.3 is 0 Å². The lowest BCUT2D eigenvalue weighted by Crippen LogP contribution is -2.02. The highest BCUT2D eigenvalue weighted by Crippen LogP contribution is 2.42. The van der Waals surface area contributed by atoms with Gasteiger partial charge in [0.05, 0.1) is 27.8 Å². The van der Waals surface area contributed by atoms with Gasteiger partial charge in [0.2, 0.25) is 0 Å². The average Bonchev–Trinajstić information content (AvgIpc) is 3.80. The van der Waals surface area contributed by atoms with Crippen LogP contribution >= 0.6 is 0 Å². The molecule has 0 fully saturated rings. The smallest absolute Gasteiger partial charge is 0.162 e. The lowest BCUT2D eigenvalue weighted by atomic mass is 9.98. The van der Waals surface area contributed by atoms with Crippen LogP contribution in [-0.4, -0.2) is 19.1 Å². The van der Waals surface area contributed by atoms with E-state index in [4.69, 9.17) is 9.97 Å². The van der Waals surface area contributed by atoms with Crippen molar-refractivity contribution >= 4 is 43.6 Å². The molecule has 262 valence electrons. The predicted octanol–water partition coefficient (Wildman–Crippen LogP) is 13.3. The summed E-state index contributed by atoms with van der Waals surface area (Å²) in [5, 5.41) is 4.83. The van der Waals surface area contributed by atoms with Crippen LogP contribution < -0.4 is 0 Å². The third-order valence-electron chi connectivity index (χ3n) is 10.9. The van der Waals surface area contributed by atoms with Gasteiger partial charge in [-0.2, -0.15) is 0 Å². The number of para-hydroxylation sites is 3. The first-order chi connectivity index (χ1) is 27.8. The number of nitrogens with zero attached hydrogens (tertiary/aromatic N) is 4. The van der Waals surface area contributed by atoms with Crippen molar-refractivity contribution in [3.63, 3.8) is 0 Å². The second-order valence-corrected chi connectivity index (χ2v) is 14.2. The summed E-state index contributed by atoms with van der Waals surface area (Å²) in [5.74, 6) is 1.50. The second-order valence-electron chi connectivity index (χ2n) is 14.2. The normalized spacial score (nSPS) is 11.6. The SMILES string of the molecule is c1ccc(-c2cccc(-c3ccc(-c4nc(-c5ccccc5)cc(-n5c6ccccc6c6c5ccc5c7ccccc7n(-c7ccccc7)c56)n4)cc3)c2)cc1. The van der Waals surface area contributed by atoms with Crippen LogP contribution in [0.1, 0.15) is 0 Å². The standard InChI is InChI=1S/C52H34N4/c1-4-15-35(16-5-1)39-19-14-20-40(33-39)36-27-29-38(30-28-36)52-53-45(37-17-6-2-7-18-37)34-49(54-52)56-47-26-13-11-24-44(47)50-48(56)32-31-43-42-23-10-12-25-46(42)55(51(43)50)41-21-8-3-9-22-41/h1-34H. The zero-order chi connectivity index (χ0) is 37.0. The minimum Gasteiger partial charge on any atom is -0.309 e. The molecule has 0 aliphatic carbocycles. The molecule has 11 rings (SSSR count). The van der Waals surface area contributed by atoms with E-state index in [1.54, 1.807) is 0 Å². The van der Waals surface area contributed by atoms with E-state index in [1.165, 1.54) is 49.3 Å². The zero-order valence-electron chi connectivity index (χ0n) is 30.4. The summed E-state index contributed by atoms with van der Waals surface area (Å²) in [5.41, 5.74) is 13.3. The van der Waals surface area contributed by atoms with Gasteiger partial charge in [-0.05, 0) is 58.7 Å². The van der Waals surface area contributed by atoms with Crippen molar-refractivity contribution in [2.24, 2.45) is 0 Å². The molecule has 0 aliphatic heterocycles. The van der Waals surface area contributed by atoms with E-state index >= 15 is 0 Å². The van der Waals surface area contributed by atoms with Crippen molar-refractivity contribution < 1.29 is 0 Å². The number of benzene rings is 8. The minimum absolute atomic E-state index is 0.677. The molecule has 0 spiro atoms. The summed E-state index contributed by atoms with van der Waals surface area (Å²) in [6.45, 7) is 0. The lowest BCUT2D eigenvalue weighted by molar-refractivity contribution is 1.05. The number of hydrogen-bond acceptors (Lipinski definition) is 2. The number of hydrogen-bond donors (Lipinski definition) is 0. The fourth-order valence-corrected chi connectivity index (χ4v) is 8.36. The Morgan fingerprint density at radius 2 is 0.875 bits per heavy atom. The molecule has 0 radical (unpaired) electrons. The molecule has 3 aromatic heterocycles. The summed E-state index contributed by atoms with van der Waals surface area (Å²) in [7, 11) is 0. The number of aromatic nitrogens is 4. The maximum Gasteiger partial charge on any atom is 0.162 e. The van der Waals surface area contributed by atoms with Crippen LogP contribution in [0.2, 0.25) is 0 Å². The number of fused-ring (bicyclic) bond motifs is 7. The number of rotatable bonds is 6. The highest BCUT2D eigenvalue weighted by molar-refractivity contribution is 6.26. The van der Waals surface area contributed by atoms with Gasteiger partial charge in [-0.1, -0.05) is 164 Å². The molecule has 0 saturated carbocycles. The maximum absolute atomic E-state index is 5.38. The fourth-order valence-electron chi connectivity index (χ4n) is 8.36. The van der Waals surface area contributed by atoms with E-state index in [-0.39, 0.29) is 0 Å². The van der Waals surface area contributed by atoms with Gasteiger partial charge in [-0.15, -0.1) is 0 Å². The maximum atomic E-state index is 5.38. The Morgan fingerprint density at radius 3 is 1.59 bits per heavy atom. The van der Waals surface area contributed by atoms with Crippen molar-refractivity contribution in [2.75, 3.05) is 0 Å². The molecule has 0 N–H and O–H groups in total. The van der Waals surface area contributed by atoms with Gasteiger partial charge in [0, 0.05) is 44.4 Å². The van der Waals surface area contributed by atoms with Crippen LogP contribution in [0.4, 0.5) is 0 Å². The summed E-state index contributed by atoms with van der Waals surface area (Å²) in [4.78, 5) is 10.6. The predicted molar refractivity (Wildman–Crippen MR) is 232 cm³/mol. The van der Waals surface area contributed by atoms with Gasteiger partial charge < -0.3 is 4.57 Å². The van der Waals surface area contributed by atoms with Crippen LogP contribution in [0.5, 0.6) is 0 Å². The molecule has 0 atom stereocenters. The monoisotopic (exact) mass is 714 g/mol. The zero-order valence-corrected chi connectivity index (χ0v) is 30.4. The van der Waals surface area contributed by atoms with Crippen molar-refractivity contribution in [1.29, 1.82) is 0 Å². The first-order valence-electron chi connectivity index (χ1n) is 19.0. The third-order valence-corrected chi connectivity index (χ3v) is 10.9. The highest BCUT2D eigenvalue weighted by Gasteiger charge is 2.22. The quantitative estimate of drug-likeness (QED) is 0.172. The molecule has 4 heteroatoms. The van der Waals surface area contributed by atoms with Crippen molar-refractivity contribution in [1.82, 2.24) is 19.1 Å². The Balaban J connectivity index is 1.12. The Hall–Kier alpha value is -7.56. The largest absolute Gasteiger partial charge is 0.309 e. The Kier molecular flexibility index (Phi) is 7.46. The molecule has 0 bridgehead atoms. The Bertz CT molecular complexity index is 3220. The van der Waals surface area contributed by atoms with E-state index in [9.17, 15) is 0 Å². The first kappa shape index (κ1) is 31.9. The molecule has 56 heavy (non-hydrogen) atoms. The molecular weight excluding hydrogens is 681 g/mol. The Labute approximate surface area is 324 Å². The molecule has 0 aliphatic rings. The van der Waals surface area contributed by atoms with Crippen molar-refractivity contribution in [3.8, 4) is 56.4 Å². The molecule has 0 saturated heterocycles. The van der Waals surface area contributed by atoms with Crippen LogP contribution in [0.15, 0.2) is 206 Å². The molecule has 8 aromatic carbocycles. The van der Waals surface area contributed by atoms with Crippen molar-refractivity contribution in [2.45, 2.75) is 0 Å². The second kappa shape index (κ2) is 13.1. The van der Waals surface area contributed by atoms with E-state index in [1.807, 2.05) is 6.07 Å². The van der Waals surface area contributed by atoms with Crippen LogP contribution in [0, 0.1) is 0 Å². The minimum atomic E-state index is 0.677. The molecule has 0 unspecified atom stereocenters. The molecule has 0 amide bonds. The molecule has 4 nitrogen and oxygen atoms in total. The van der Waals surface area contributed by atoms with E-state index in [2.05, 4.69) is 209 Å². The highest BCUT2D eigenvalue weighted by atomic mass is 15.1. The third kappa shape index (κ3) is 5.23. The van der Waals surface area contributed by atoms with Gasteiger partial charge in [-0.25, -0.2) is 9.97 Å². The van der Waals surface area contributed by atoms with Gasteiger partial charge in [-0.3, -0.25) is 4.57 Å². The van der Waals surface area contributed by atoms with E-state index in [0.717, 1.165) is 44.9 Å². The van der Waals surface area contributed by atoms with Crippen LogP contribution in [0.3, 0.4) is 0 Å². The lowest BCUT2D eigenvalue weighted by Gasteiger charge is -2.13. The molecule has 3 heterocycles.